The summed E-state index contributed by atoms with van der Waals surface area (Å²) in [5.41, 5.74) is 7.38. The highest BCUT2D eigenvalue weighted by Crippen LogP contribution is 2.59. The maximum Gasteiger partial charge on any atom is 0.296 e. The second kappa shape index (κ2) is 24.7. The minimum absolute atomic E-state index is 0.00533. The molecule has 13 rings (SSSR count). The normalized spacial score (nSPS) is 25.1. The number of hydrogen-bond acceptors (Lipinski definition) is 14. The van der Waals surface area contributed by atoms with Crippen LogP contribution in [0.15, 0.2) is 99.8 Å². The second-order valence-electron chi connectivity index (χ2n) is 19.0. The van der Waals surface area contributed by atoms with E-state index in [-0.39, 0.29) is 65.0 Å². The molecule has 25 heteroatoms. The Hall–Kier alpha value is -4.89. The molecule has 0 radical (unpaired) electrons. The molecule has 0 bridgehead atoms. The lowest BCUT2D eigenvalue weighted by molar-refractivity contribution is -0.125. The fraction of sp³-hybridized carbons (Fsp3) is 0.278. The lowest BCUT2D eigenvalue weighted by atomic mass is 9.74. The first-order valence-corrected chi connectivity index (χ1v) is 29.8. The van der Waals surface area contributed by atoms with Crippen molar-refractivity contribution in [3.05, 3.63) is 156 Å². The van der Waals surface area contributed by atoms with Gasteiger partial charge in [0.15, 0.2) is 0 Å². The van der Waals surface area contributed by atoms with Crippen LogP contribution < -0.4 is 37.6 Å². The van der Waals surface area contributed by atoms with Gasteiger partial charge in [0.1, 0.15) is 22.6 Å². The number of hydrogen-bond donors (Lipinski definition) is 7. The molecular weight excluding hydrogens is 1210 g/mol. The van der Waals surface area contributed by atoms with Gasteiger partial charge >= 0.3 is 0 Å². The van der Waals surface area contributed by atoms with Gasteiger partial charge in [0, 0.05) is 143 Å². The number of benzene rings is 3. The Labute approximate surface area is 498 Å². The summed E-state index contributed by atoms with van der Waals surface area (Å²) in [5.74, 6) is -1.96. The fourth-order valence-corrected chi connectivity index (χ4v) is 15.5. The third-order valence-corrected chi connectivity index (χ3v) is 19.1. The van der Waals surface area contributed by atoms with Crippen molar-refractivity contribution in [2.24, 2.45) is 22.3 Å². The van der Waals surface area contributed by atoms with E-state index in [0.29, 0.717) is 78.7 Å². The molecule has 2 aliphatic carbocycles. The summed E-state index contributed by atoms with van der Waals surface area (Å²) in [6.45, 7) is 0.943. The van der Waals surface area contributed by atoms with Crippen molar-refractivity contribution in [3.8, 4) is 0 Å². The monoisotopic (exact) mass is 1260 g/mol. The van der Waals surface area contributed by atoms with Gasteiger partial charge in [-0.15, -0.1) is 34.0 Å². The van der Waals surface area contributed by atoms with Crippen LogP contribution in [0.2, 0.25) is 30.1 Å². The zero-order chi connectivity index (χ0) is 56.5. The number of nitrogens with two attached hydrogens (primary N) is 1. The molecule has 79 heavy (non-hydrogen) atoms. The highest BCUT2D eigenvalue weighted by molar-refractivity contribution is 7.11. The number of carbonyl (C=O) groups is 7. The first-order valence-electron chi connectivity index (χ1n) is 24.5. The number of amides is 4. The van der Waals surface area contributed by atoms with Crippen LogP contribution in [0.1, 0.15) is 73.6 Å². The summed E-state index contributed by atoms with van der Waals surface area (Å²) < 4.78 is 3.31. The summed E-state index contributed by atoms with van der Waals surface area (Å²) in [5, 5.41) is 27.2. The Morgan fingerprint density at radius 3 is 1.56 bits per heavy atom. The van der Waals surface area contributed by atoms with Crippen LogP contribution in [-0.4, -0.2) is 73.2 Å². The van der Waals surface area contributed by atoms with Gasteiger partial charge in [-0.1, -0.05) is 81.7 Å². The van der Waals surface area contributed by atoms with Crippen molar-refractivity contribution in [2.45, 2.75) is 60.7 Å². The number of halogens is 6. The zero-order valence-electron chi connectivity index (χ0n) is 41.4. The third kappa shape index (κ3) is 11.7. The standard InChI is InChI=1S/2C18H14Cl2N2O2S.C9H11ClN2OS.C8H4ClNO2.CH4NP/c2*19-8-1-2-10-12(5-8)21-17(24)18(10)16(14-6-9(20)7-25-14)15-11(22-18)3-4-13(15)23;10-7-5-8(14-6-7)1-2-9(13)12-4-3-11;9-4-1-2-5-6(3-4)10-8(12)7(5)11;1-2-3/h2*1-2,5-7,11,15-16,22H,3-4H2,(H,21,24);1-2,5-6H,3-4,11H2,(H,12,13);1-3H,(H,10,11,12);3H,1H3/b;;2-1+;;/t11-,15-,16-,18+;11-,15-,16-,18-;;;/m01.../s1. The van der Waals surface area contributed by atoms with Crippen LogP contribution in [0, 0.1) is 11.8 Å². The summed E-state index contributed by atoms with van der Waals surface area (Å²) in [7, 11) is 4.47. The Morgan fingerprint density at radius 2 is 1.11 bits per heavy atom. The first kappa shape index (κ1) is 58.8. The molecule has 4 amide bonds. The molecule has 2 spiro atoms. The van der Waals surface area contributed by atoms with Crippen molar-refractivity contribution in [2.75, 3.05) is 36.1 Å². The van der Waals surface area contributed by atoms with E-state index in [2.05, 4.69) is 45.7 Å². The highest BCUT2D eigenvalue weighted by Gasteiger charge is 2.66. The van der Waals surface area contributed by atoms with Crippen LogP contribution in [0.25, 0.3) is 6.08 Å². The lowest BCUT2D eigenvalue weighted by Crippen LogP contribution is -2.49. The number of thiophene rings is 3. The average Bonchev–Trinajstić information content (AvgIpc) is 2.61. The number of anilines is 3. The number of carbonyl (C=O) groups excluding carboxylic acids is 7. The van der Waals surface area contributed by atoms with Gasteiger partial charge in [0.05, 0.1) is 26.3 Å². The molecule has 410 valence electrons. The molecule has 5 aliphatic heterocycles. The fourth-order valence-electron chi connectivity index (χ4n) is 11.4. The van der Waals surface area contributed by atoms with Crippen LogP contribution in [0.4, 0.5) is 17.1 Å². The molecule has 6 aromatic rings. The molecule has 8 atom stereocenters. The van der Waals surface area contributed by atoms with E-state index < -0.39 is 22.8 Å². The predicted molar refractivity (Wildman–Crippen MR) is 318 cm³/mol. The molecule has 2 saturated heterocycles. The van der Waals surface area contributed by atoms with E-state index in [1.165, 1.54) is 46.2 Å². The van der Waals surface area contributed by atoms with Gasteiger partial charge in [-0.3, -0.25) is 48.9 Å². The summed E-state index contributed by atoms with van der Waals surface area (Å²) in [6, 6.07) is 21.1. The van der Waals surface area contributed by atoms with Crippen molar-refractivity contribution in [1.29, 1.82) is 0 Å². The molecule has 3 aromatic heterocycles. The van der Waals surface area contributed by atoms with E-state index in [1.807, 2.05) is 40.4 Å². The second-order valence-corrected chi connectivity index (χ2v) is 24.9. The van der Waals surface area contributed by atoms with Gasteiger partial charge in [-0.25, -0.2) is 0 Å². The Morgan fingerprint density at radius 1 is 0.658 bits per heavy atom. The number of Topliss-reactive ketones (excluding diaryl/α,β-unsaturated/α-hetero) is 3. The quantitative estimate of drug-likeness (QED) is 0.0474. The number of nitrogens with one attached hydrogen (secondary N) is 6. The van der Waals surface area contributed by atoms with Gasteiger partial charge < -0.3 is 27.0 Å². The first-order chi connectivity index (χ1) is 37.8. The lowest BCUT2D eigenvalue weighted by Gasteiger charge is -2.31. The van der Waals surface area contributed by atoms with E-state index in [9.17, 15) is 33.6 Å². The van der Waals surface area contributed by atoms with Gasteiger partial charge in [0.25, 0.3) is 11.7 Å². The van der Waals surface area contributed by atoms with Crippen LogP contribution in [-0.2, 0) is 39.8 Å². The van der Waals surface area contributed by atoms with Crippen LogP contribution in [0.5, 0.6) is 0 Å². The smallest absolute Gasteiger partial charge is 0.296 e. The summed E-state index contributed by atoms with van der Waals surface area (Å²) in [6.07, 6.45) is 5.83. The number of fused-ring (bicyclic) bond motifs is 7. The Kier molecular flexibility index (Phi) is 18.4. The summed E-state index contributed by atoms with van der Waals surface area (Å²) in [4.78, 5) is 87.4. The number of nitrogens with zero attached hydrogens (tertiary/aromatic N) is 1. The van der Waals surface area contributed by atoms with Crippen molar-refractivity contribution in [1.82, 2.24) is 16.0 Å². The van der Waals surface area contributed by atoms with E-state index in [0.717, 1.165) is 38.6 Å². The van der Waals surface area contributed by atoms with Crippen LogP contribution in [0.3, 0.4) is 0 Å². The van der Waals surface area contributed by atoms with Gasteiger partial charge in [-0.05, 0) is 88.6 Å². The molecule has 8 heterocycles. The SMILES string of the molecule is CN=P.NCCNC(=O)/C=C/c1cc(Cl)cs1.O=C1CC[C@@H]2N[C@@]3(C(=O)Nc4cc(Cl)ccc43)[C@@H](c3cc(Cl)cs3)[C@H]12.O=C1CC[C@H]2N[C@@]3(C(=O)Nc4cc(Cl)ccc43)[C@H](c3cc(Cl)cs3)[C@@H]12.O=C1Nc2cc(Cl)ccc2C1=O. The summed E-state index contributed by atoms with van der Waals surface area (Å²) >= 11 is 40.4. The Bertz CT molecular complexity index is 3330. The molecule has 8 N–H and O–H groups in total. The maximum absolute atomic E-state index is 13.1. The predicted octanol–water partition coefficient (Wildman–Crippen LogP) is 11.8. The molecule has 2 saturated carbocycles. The number of ketones is 3. The van der Waals surface area contributed by atoms with Crippen molar-refractivity contribution in [3.63, 3.8) is 0 Å². The highest BCUT2D eigenvalue weighted by atomic mass is 35.5. The van der Waals surface area contributed by atoms with Gasteiger partial charge in [-0.2, -0.15) is 0 Å². The molecule has 4 fully saturated rings. The van der Waals surface area contributed by atoms with E-state index in [1.54, 1.807) is 55.6 Å². The van der Waals surface area contributed by atoms with Crippen LogP contribution >= 0.6 is 113 Å². The molecule has 0 unspecified atom stereocenters. The minimum Gasteiger partial charge on any atom is -0.351 e. The largest absolute Gasteiger partial charge is 0.351 e. The van der Waals surface area contributed by atoms with E-state index in [4.69, 9.17) is 75.3 Å². The average molecular weight is 1260 g/mol. The van der Waals surface area contributed by atoms with Crippen molar-refractivity contribution < 1.29 is 33.6 Å². The molecule has 7 aliphatic rings. The molecular formula is C54H47Cl6N8O7PS3. The Balaban J connectivity index is 0.000000131. The zero-order valence-corrected chi connectivity index (χ0v) is 49.4. The topological polar surface area (TPSA) is 230 Å². The van der Waals surface area contributed by atoms with Gasteiger partial charge in [0.2, 0.25) is 17.7 Å². The van der Waals surface area contributed by atoms with E-state index >= 15 is 0 Å². The number of rotatable bonds is 6. The minimum atomic E-state index is -0.945. The maximum atomic E-state index is 13.1. The third-order valence-electron chi connectivity index (χ3n) is 14.4. The molecule has 3 aromatic carbocycles. The van der Waals surface area contributed by atoms with Crippen molar-refractivity contribution >= 4 is 177 Å². The molecule has 15 nitrogen and oxygen atoms in total.